The van der Waals surface area contributed by atoms with Gasteiger partial charge in [-0.05, 0) is 48.9 Å². The van der Waals surface area contributed by atoms with Gasteiger partial charge in [0.15, 0.2) is 6.10 Å². The Labute approximate surface area is 164 Å². The Kier molecular flexibility index (Phi) is 6.52. The Morgan fingerprint density at radius 1 is 0.893 bits per heavy atom. The summed E-state index contributed by atoms with van der Waals surface area (Å²) in [5.41, 5.74) is 1.77. The summed E-state index contributed by atoms with van der Waals surface area (Å²) in [4.78, 5) is 12.4. The molecule has 5 heteroatoms. The summed E-state index contributed by atoms with van der Waals surface area (Å²) in [5, 5.41) is 2.82. The summed E-state index contributed by atoms with van der Waals surface area (Å²) < 4.78 is 16.7. The lowest BCUT2D eigenvalue weighted by Gasteiger charge is -2.16. The first-order chi connectivity index (χ1) is 13.6. The minimum atomic E-state index is -0.661. The van der Waals surface area contributed by atoms with Crippen molar-refractivity contribution in [3.63, 3.8) is 0 Å². The number of amides is 1. The predicted octanol–water partition coefficient (Wildman–Crippen LogP) is 4.68. The molecule has 3 aromatic rings. The monoisotopic (exact) mass is 377 g/mol. The summed E-state index contributed by atoms with van der Waals surface area (Å²) in [6, 6.07) is 24.3. The van der Waals surface area contributed by atoms with Crippen LogP contribution in [0.15, 0.2) is 78.9 Å². The lowest BCUT2D eigenvalue weighted by Crippen LogP contribution is -2.30. The SMILES string of the molecule is COc1ccc(NC(=O)C(C)Oc2cccc(OCc3ccccc3)c2)cc1. The Hall–Kier alpha value is -3.47. The number of hydrogen-bond donors (Lipinski definition) is 1. The molecule has 0 saturated carbocycles. The molecule has 1 atom stereocenters. The molecule has 0 heterocycles. The second-order valence-electron chi connectivity index (χ2n) is 6.23. The van der Waals surface area contributed by atoms with Crippen molar-refractivity contribution in [2.24, 2.45) is 0 Å². The fraction of sp³-hybridized carbons (Fsp3) is 0.174. The van der Waals surface area contributed by atoms with Crippen molar-refractivity contribution >= 4 is 11.6 Å². The molecular weight excluding hydrogens is 354 g/mol. The van der Waals surface area contributed by atoms with Crippen LogP contribution >= 0.6 is 0 Å². The number of rotatable bonds is 8. The van der Waals surface area contributed by atoms with Gasteiger partial charge in [0.1, 0.15) is 23.9 Å². The van der Waals surface area contributed by atoms with Crippen LogP contribution in [0.2, 0.25) is 0 Å². The quantitative estimate of drug-likeness (QED) is 0.619. The number of carbonyl (C=O) groups excluding carboxylic acids is 1. The first-order valence-electron chi connectivity index (χ1n) is 9.02. The average molecular weight is 377 g/mol. The van der Waals surface area contributed by atoms with Crippen molar-refractivity contribution in [3.8, 4) is 17.2 Å². The molecule has 0 aliphatic carbocycles. The summed E-state index contributed by atoms with van der Waals surface area (Å²) >= 11 is 0. The van der Waals surface area contributed by atoms with Crippen LogP contribution in [0, 0.1) is 0 Å². The molecule has 1 unspecified atom stereocenters. The zero-order chi connectivity index (χ0) is 19.8. The van der Waals surface area contributed by atoms with Crippen LogP contribution in [0.1, 0.15) is 12.5 Å². The standard InChI is InChI=1S/C23H23NO4/c1-17(23(25)24-19-11-13-20(26-2)14-12-19)28-22-10-6-9-21(15-22)27-16-18-7-4-3-5-8-18/h3-15,17H,16H2,1-2H3,(H,24,25). The predicted molar refractivity (Wildman–Crippen MR) is 109 cm³/mol. The summed E-state index contributed by atoms with van der Waals surface area (Å²) in [6.45, 7) is 2.17. The van der Waals surface area contributed by atoms with Gasteiger partial charge in [0, 0.05) is 11.8 Å². The molecule has 0 aromatic heterocycles. The number of nitrogens with one attached hydrogen (secondary N) is 1. The highest BCUT2D eigenvalue weighted by Gasteiger charge is 2.15. The Balaban J connectivity index is 1.55. The Morgan fingerprint density at radius 2 is 1.61 bits per heavy atom. The molecule has 0 radical (unpaired) electrons. The highest BCUT2D eigenvalue weighted by Crippen LogP contribution is 2.22. The van der Waals surface area contributed by atoms with Gasteiger partial charge in [-0.2, -0.15) is 0 Å². The Morgan fingerprint density at radius 3 is 2.32 bits per heavy atom. The third-order valence-electron chi connectivity index (χ3n) is 4.09. The van der Waals surface area contributed by atoms with E-state index in [0.29, 0.717) is 23.8 Å². The minimum absolute atomic E-state index is 0.235. The topological polar surface area (TPSA) is 56.8 Å². The van der Waals surface area contributed by atoms with Crippen LogP contribution in [0.3, 0.4) is 0 Å². The maximum Gasteiger partial charge on any atom is 0.265 e. The largest absolute Gasteiger partial charge is 0.497 e. The van der Waals surface area contributed by atoms with Crippen molar-refractivity contribution in [2.45, 2.75) is 19.6 Å². The van der Waals surface area contributed by atoms with Crippen molar-refractivity contribution < 1.29 is 19.0 Å². The highest BCUT2D eigenvalue weighted by atomic mass is 16.5. The summed E-state index contributed by atoms with van der Waals surface area (Å²) in [7, 11) is 1.60. The number of anilines is 1. The van der Waals surface area contributed by atoms with E-state index in [1.54, 1.807) is 50.4 Å². The van der Waals surface area contributed by atoms with Crippen molar-refractivity contribution in [3.05, 3.63) is 84.4 Å². The van der Waals surface area contributed by atoms with Crippen LogP contribution in [-0.2, 0) is 11.4 Å². The molecule has 0 spiro atoms. The van der Waals surface area contributed by atoms with E-state index in [2.05, 4.69) is 5.32 Å². The molecule has 1 amide bonds. The molecule has 3 rings (SSSR count). The van der Waals surface area contributed by atoms with Crippen molar-refractivity contribution in [1.29, 1.82) is 0 Å². The fourth-order valence-electron chi connectivity index (χ4n) is 2.55. The highest BCUT2D eigenvalue weighted by molar-refractivity contribution is 5.94. The molecule has 0 saturated heterocycles. The number of benzene rings is 3. The first-order valence-corrected chi connectivity index (χ1v) is 9.02. The van der Waals surface area contributed by atoms with Gasteiger partial charge in [-0.15, -0.1) is 0 Å². The molecule has 0 aliphatic rings. The van der Waals surface area contributed by atoms with Gasteiger partial charge in [-0.1, -0.05) is 36.4 Å². The molecular formula is C23H23NO4. The maximum absolute atomic E-state index is 12.4. The van der Waals surface area contributed by atoms with E-state index < -0.39 is 6.10 Å². The molecule has 28 heavy (non-hydrogen) atoms. The van der Waals surface area contributed by atoms with E-state index in [4.69, 9.17) is 14.2 Å². The molecule has 144 valence electrons. The van der Waals surface area contributed by atoms with Gasteiger partial charge in [0.2, 0.25) is 0 Å². The Bertz CT molecular complexity index is 894. The summed E-state index contributed by atoms with van der Waals surface area (Å²) in [6.07, 6.45) is -0.661. The number of methoxy groups -OCH3 is 1. The third-order valence-corrected chi connectivity index (χ3v) is 4.09. The molecule has 0 fully saturated rings. The first kappa shape index (κ1) is 19.3. The van der Waals surface area contributed by atoms with Crippen LogP contribution in [0.4, 0.5) is 5.69 Å². The fourth-order valence-corrected chi connectivity index (χ4v) is 2.55. The lowest BCUT2D eigenvalue weighted by molar-refractivity contribution is -0.122. The molecule has 3 aromatic carbocycles. The number of hydrogen-bond acceptors (Lipinski definition) is 4. The van der Waals surface area contributed by atoms with Crippen LogP contribution in [0.25, 0.3) is 0 Å². The lowest BCUT2D eigenvalue weighted by atomic mass is 10.2. The minimum Gasteiger partial charge on any atom is -0.497 e. The summed E-state index contributed by atoms with van der Waals surface area (Å²) in [5.74, 6) is 1.75. The molecule has 0 bridgehead atoms. The van der Waals surface area contributed by atoms with Gasteiger partial charge in [-0.3, -0.25) is 4.79 Å². The van der Waals surface area contributed by atoms with E-state index in [-0.39, 0.29) is 5.91 Å². The van der Waals surface area contributed by atoms with E-state index in [1.165, 1.54) is 0 Å². The van der Waals surface area contributed by atoms with E-state index in [1.807, 2.05) is 42.5 Å². The average Bonchev–Trinajstić information content (AvgIpc) is 2.74. The molecule has 1 N–H and O–H groups in total. The van der Waals surface area contributed by atoms with Gasteiger partial charge in [0.25, 0.3) is 5.91 Å². The third kappa shape index (κ3) is 5.51. The van der Waals surface area contributed by atoms with Gasteiger partial charge in [0.05, 0.1) is 7.11 Å². The van der Waals surface area contributed by atoms with Crippen LogP contribution in [0.5, 0.6) is 17.2 Å². The molecule has 0 aliphatic heterocycles. The van der Waals surface area contributed by atoms with E-state index in [9.17, 15) is 4.79 Å². The van der Waals surface area contributed by atoms with Crippen molar-refractivity contribution in [1.82, 2.24) is 0 Å². The molecule has 5 nitrogen and oxygen atoms in total. The van der Waals surface area contributed by atoms with Gasteiger partial charge in [-0.25, -0.2) is 0 Å². The zero-order valence-corrected chi connectivity index (χ0v) is 15.9. The second-order valence-corrected chi connectivity index (χ2v) is 6.23. The van der Waals surface area contributed by atoms with Crippen molar-refractivity contribution in [2.75, 3.05) is 12.4 Å². The number of ether oxygens (including phenoxy) is 3. The number of carbonyl (C=O) groups is 1. The van der Waals surface area contributed by atoms with Crippen LogP contribution in [-0.4, -0.2) is 19.1 Å². The smallest absolute Gasteiger partial charge is 0.265 e. The van der Waals surface area contributed by atoms with E-state index >= 15 is 0 Å². The second kappa shape index (κ2) is 9.46. The zero-order valence-electron chi connectivity index (χ0n) is 15.9. The maximum atomic E-state index is 12.4. The van der Waals surface area contributed by atoms with Gasteiger partial charge >= 0.3 is 0 Å². The van der Waals surface area contributed by atoms with Gasteiger partial charge < -0.3 is 19.5 Å². The van der Waals surface area contributed by atoms with E-state index in [0.717, 1.165) is 11.3 Å². The normalized spacial score (nSPS) is 11.4. The van der Waals surface area contributed by atoms with Crippen LogP contribution < -0.4 is 19.5 Å².